The van der Waals surface area contributed by atoms with Gasteiger partial charge in [0.15, 0.2) is 0 Å². The van der Waals surface area contributed by atoms with Crippen LogP contribution in [0.1, 0.15) is 23.7 Å². The predicted molar refractivity (Wildman–Crippen MR) is 96.5 cm³/mol. The second-order valence-electron chi connectivity index (χ2n) is 6.40. The normalized spacial score (nSPS) is 22.7. The third-order valence-electron chi connectivity index (χ3n) is 4.39. The van der Waals surface area contributed by atoms with Crippen LogP contribution in [-0.4, -0.2) is 43.5 Å². The van der Waals surface area contributed by atoms with Gasteiger partial charge < -0.3 is 4.74 Å². The number of likely N-dealkylation sites (tertiary alicyclic amines) is 1. The zero-order chi connectivity index (χ0) is 17.6. The highest BCUT2D eigenvalue weighted by molar-refractivity contribution is 6.30. The molecular weight excluding hydrogens is 344 g/mol. The molecule has 1 fully saturated rings. The third-order valence-corrected chi connectivity index (χ3v) is 4.64. The van der Waals surface area contributed by atoms with Gasteiger partial charge in [0.25, 0.3) is 0 Å². The van der Waals surface area contributed by atoms with Crippen molar-refractivity contribution in [3.8, 4) is 0 Å². The summed E-state index contributed by atoms with van der Waals surface area (Å²) in [4.78, 5) is 1.79. The van der Waals surface area contributed by atoms with Crippen LogP contribution < -0.4 is 0 Å². The molecule has 25 heavy (non-hydrogen) atoms. The second-order valence-corrected chi connectivity index (χ2v) is 6.84. The Balaban J connectivity index is 1.65. The van der Waals surface area contributed by atoms with Crippen LogP contribution in [-0.2, 0) is 4.74 Å². The van der Waals surface area contributed by atoms with E-state index in [-0.39, 0.29) is 25.6 Å². The summed E-state index contributed by atoms with van der Waals surface area (Å²) in [6.45, 7) is 1.47. The Kier molecular flexibility index (Phi) is 6.40. The summed E-state index contributed by atoms with van der Waals surface area (Å²) in [5.41, 5.74) is 2.04. The van der Waals surface area contributed by atoms with Gasteiger partial charge in [0.2, 0.25) is 0 Å². The summed E-state index contributed by atoms with van der Waals surface area (Å²) in [6, 6.07) is 17.5. The molecule has 0 saturated carbocycles. The van der Waals surface area contributed by atoms with Gasteiger partial charge in [-0.25, -0.2) is 8.78 Å². The minimum atomic E-state index is -1.09. The lowest BCUT2D eigenvalue weighted by molar-refractivity contribution is 0.0260. The molecule has 0 N–H and O–H groups in total. The SMILES string of the molecule is F[C@@H]1C[C@H](F)CN(CCOC(c2ccccc2)c2ccc(Cl)cc2)C1. The number of benzene rings is 2. The standard InChI is InChI=1S/C20H22ClF2NO/c21-17-8-6-16(7-9-17)20(15-4-2-1-3-5-15)25-11-10-24-13-18(22)12-19(23)14-24/h1-9,18-20H,10-14H2/t18-,19+,20?. The van der Waals surface area contributed by atoms with Crippen molar-refractivity contribution >= 4 is 11.6 Å². The molecule has 1 unspecified atom stereocenters. The first-order valence-electron chi connectivity index (χ1n) is 8.54. The summed E-state index contributed by atoms with van der Waals surface area (Å²) in [5, 5.41) is 0.673. The van der Waals surface area contributed by atoms with Crippen LogP contribution in [0.25, 0.3) is 0 Å². The van der Waals surface area contributed by atoms with Gasteiger partial charge in [-0.15, -0.1) is 0 Å². The average Bonchev–Trinajstić information content (AvgIpc) is 2.60. The van der Waals surface area contributed by atoms with Crippen molar-refractivity contribution in [3.05, 3.63) is 70.7 Å². The van der Waals surface area contributed by atoms with Crippen LogP contribution >= 0.6 is 11.6 Å². The molecule has 3 rings (SSSR count). The number of piperidine rings is 1. The number of hydrogen-bond acceptors (Lipinski definition) is 2. The molecule has 0 spiro atoms. The lowest BCUT2D eigenvalue weighted by atomic mass is 10.0. The topological polar surface area (TPSA) is 12.5 Å². The predicted octanol–water partition coefficient (Wildman–Crippen LogP) is 4.83. The van der Waals surface area contributed by atoms with Gasteiger partial charge in [0.1, 0.15) is 18.4 Å². The summed E-state index contributed by atoms with van der Waals surface area (Å²) < 4.78 is 33.1. The van der Waals surface area contributed by atoms with Crippen molar-refractivity contribution in [2.75, 3.05) is 26.2 Å². The molecule has 0 bridgehead atoms. The van der Waals surface area contributed by atoms with E-state index in [1.165, 1.54) is 0 Å². The smallest absolute Gasteiger partial charge is 0.116 e. The Labute approximate surface area is 152 Å². The highest BCUT2D eigenvalue weighted by Crippen LogP contribution is 2.27. The molecule has 2 aromatic carbocycles. The van der Waals surface area contributed by atoms with Gasteiger partial charge in [-0.2, -0.15) is 0 Å². The van der Waals surface area contributed by atoms with Crippen molar-refractivity contribution in [2.24, 2.45) is 0 Å². The summed E-state index contributed by atoms with van der Waals surface area (Å²) in [6.07, 6.45) is -2.41. The van der Waals surface area contributed by atoms with Gasteiger partial charge in [-0.05, 0) is 23.3 Å². The fourth-order valence-corrected chi connectivity index (χ4v) is 3.32. The molecule has 2 nitrogen and oxygen atoms in total. The highest BCUT2D eigenvalue weighted by atomic mass is 35.5. The fraction of sp³-hybridized carbons (Fsp3) is 0.400. The quantitative estimate of drug-likeness (QED) is 0.727. The van der Waals surface area contributed by atoms with Crippen LogP contribution in [0.4, 0.5) is 8.78 Å². The zero-order valence-corrected chi connectivity index (χ0v) is 14.7. The van der Waals surface area contributed by atoms with Crippen LogP contribution in [0.15, 0.2) is 54.6 Å². The van der Waals surface area contributed by atoms with E-state index in [9.17, 15) is 8.78 Å². The van der Waals surface area contributed by atoms with Crippen molar-refractivity contribution in [3.63, 3.8) is 0 Å². The first-order valence-corrected chi connectivity index (χ1v) is 8.92. The molecule has 134 valence electrons. The largest absolute Gasteiger partial charge is 0.367 e. The van der Waals surface area contributed by atoms with Crippen molar-refractivity contribution in [2.45, 2.75) is 24.9 Å². The van der Waals surface area contributed by atoms with Crippen LogP contribution in [0.2, 0.25) is 5.02 Å². The second kappa shape index (κ2) is 8.75. The highest BCUT2D eigenvalue weighted by Gasteiger charge is 2.26. The van der Waals surface area contributed by atoms with Gasteiger partial charge >= 0.3 is 0 Å². The molecule has 0 amide bonds. The Bertz CT molecular complexity index is 643. The maximum absolute atomic E-state index is 13.5. The van der Waals surface area contributed by atoms with E-state index in [0.29, 0.717) is 18.2 Å². The molecule has 0 aliphatic carbocycles. The number of hydrogen-bond donors (Lipinski definition) is 0. The maximum atomic E-state index is 13.5. The van der Waals surface area contributed by atoms with E-state index >= 15 is 0 Å². The van der Waals surface area contributed by atoms with E-state index in [4.69, 9.17) is 16.3 Å². The number of nitrogens with zero attached hydrogens (tertiary/aromatic N) is 1. The Morgan fingerprint density at radius 3 is 2.20 bits per heavy atom. The van der Waals surface area contributed by atoms with Gasteiger partial charge in [0.05, 0.1) is 6.61 Å². The Hall–Kier alpha value is -1.49. The lowest BCUT2D eigenvalue weighted by Gasteiger charge is -2.31. The maximum Gasteiger partial charge on any atom is 0.116 e. The molecule has 1 aliphatic rings. The van der Waals surface area contributed by atoms with Crippen LogP contribution in [0, 0.1) is 0 Å². The van der Waals surface area contributed by atoms with E-state index in [1.54, 1.807) is 4.90 Å². The molecule has 5 heteroatoms. The van der Waals surface area contributed by atoms with Crippen molar-refractivity contribution in [1.29, 1.82) is 0 Å². The number of alkyl halides is 2. The Morgan fingerprint density at radius 2 is 1.56 bits per heavy atom. The Morgan fingerprint density at radius 1 is 0.960 bits per heavy atom. The number of ether oxygens (including phenoxy) is 1. The molecule has 0 aromatic heterocycles. The lowest BCUT2D eigenvalue weighted by Crippen LogP contribution is -2.44. The summed E-state index contributed by atoms with van der Waals surface area (Å²) >= 11 is 5.98. The van der Waals surface area contributed by atoms with Crippen molar-refractivity contribution in [1.82, 2.24) is 4.90 Å². The minimum absolute atomic E-state index is 0.00870. The fourth-order valence-electron chi connectivity index (χ4n) is 3.19. The van der Waals surface area contributed by atoms with E-state index in [2.05, 4.69) is 0 Å². The van der Waals surface area contributed by atoms with Crippen LogP contribution in [0.3, 0.4) is 0 Å². The van der Waals surface area contributed by atoms with Gasteiger partial charge in [0, 0.05) is 31.1 Å². The number of halogens is 3. The third kappa shape index (κ3) is 5.24. The number of rotatable bonds is 6. The summed E-state index contributed by atoms with van der Waals surface area (Å²) in [5.74, 6) is 0. The first-order chi connectivity index (χ1) is 12.1. The molecule has 1 saturated heterocycles. The molecule has 0 radical (unpaired) electrons. The molecule has 2 aromatic rings. The molecule has 1 aliphatic heterocycles. The molecule has 3 atom stereocenters. The van der Waals surface area contributed by atoms with E-state index in [0.717, 1.165) is 11.1 Å². The average molecular weight is 366 g/mol. The van der Waals surface area contributed by atoms with E-state index < -0.39 is 12.3 Å². The van der Waals surface area contributed by atoms with Gasteiger partial charge in [-0.3, -0.25) is 4.90 Å². The van der Waals surface area contributed by atoms with Gasteiger partial charge in [-0.1, -0.05) is 54.1 Å². The zero-order valence-electron chi connectivity index (χ0n) is 14.0. The van der Waals surface area contributed by atoms with E-state index in [1.807, 2.05) is 54.6 Å². The minimum Gasteiger partial charge on any atom is -0.367 e. The van der Waals surface area contributed by atoms with Crippen molar-refractivity contribution < 1.29 is 13.5 Å². The molecule has 1 heterocycles. The first kappa shape index (κ1) is 18.3. The monoisotopic (exact) mass is 365 g/mol. The molecular formula is C20H22ClF2NO. The van der Waals surface area contributed by atoms with Crippen LogP contribution in [0.5, 0.6) is 0 Å². The summed E-state index contributed by atoms with van der Waals surface area (Å²) in [7, 11) is 0.